The van der Waals surface area contributed by atoms with Gasteiger partial charge in [0.1, 0.15) is 0 Å². The van der Waals surface area contributed by atoms with E-state index in [4.69, 9.17) is 0 Å². The second-order valence-electron chi connectivity index (χ2n) is 6.91. The second-order valence-corrected chi connectivity index (χ2v) is 6.91. The van der Waals surface area contributed by atoms with Crippen molar-refractivity contribution >= 4 is 16.9 Å². The zero-order valence-corrected chi connectivity index (χ0v) is 13.3. The minimum absolute atomic E-state index is 0.0671. The van der Waals surface area contributed by atoms with Crippen LogP contribution in [0.1, 0.15) is 36.0 Å². The largest absolute Gasteiger partial charge is 0.352 e. The average molecular weight is 314 g/mol. The average Bonchev–Trinajstić information content (AvgIpc) is 3.04. The van der Waals surface area contributed by atoms with Crippen molar-refractivity contribution in [1.82, 2.24) is 20.2 Å². The van der Waals surface area contributed by atoms with Gasteiger partial charge in [-0.15, -0.1) is 0 Å². The van der Waals surface area contributed by atoms with E-state index in [-0.39, 0.29) is 11.6 Å². The molecule has 0 aliphatic carbocycles. The van der Waals surface area contributed by atoms with Crippen LogP contribution in [-0.4, -0.2) is 34.1 Å². The molecular weight excluding hydrogens is 292 g/mol. The number of carbonyl (C=O) groups excluding carboxylic acids is 1. The number of carbonyl (C=O) groups is 1. The Hall–Kier alpha value is -2.08. The monoisotopic (exact) mass is 314 g/mol. The smallest absolute Gasteiger partial charge is 0.326 e. The topological polar surface area (TPSA) is 78.9 Å². The Morgan fingerprint density at radius 3 is 2.78 bits per heavy atom. The van der Waals surface area contributed by atoms with Crippen LogP contribution >= 0.6 is 0 Å². The first kappa shape index (κ1) is 14.5. The molecule has 1 aromatic carbocycles. The molecule has 0 radical (unpaired) electrons. The molecule has 3 N–H and O–H groups in total. The summed E-state index contributed by atoms with van der Waals surface area (Å²) in [6.45, 7) is 0.733. The van der Waals surface area contributed by atoms with E-state index in [0.717, 1.165) is 24.9 Å². The molecule has 2 bridgehead atoms. The van der Waals surface area contributed by atoms with Crippen LogP contribution in [0.15, 0.2) is 23.0 Å². The highest BCUT2D eigenvalue weighted by atomic mass is 16.2. The van der Waals surface area contributed by atoms with Crippen LogP contribution in [0.2, 0.25) is 0 Å². The van der Waals surface area contributed by atoms with Gasteiger partial charge in [-0.1, -0.05) is 0 Å². The minimum Gasteiger partial charge on any atom is -0.352 e. The number of benzene rings is 1. The van der Waals surface area contributed by atoms with Crippen molar-refractivity contribution < 1.29 is 4.79 Å². The molecule has 6 nitrogen and oxygen atoms in total. The summed E-state index contributed by atoms with van der Waals surface area (Å²) in [7, 11) is 1.71. The van der Waals surface area contributed by atoms with Crippen LogP contribution < -0.4 is 16.3 Å². The summed E-state index contributed by atoms with van der Waals surface area (Å²) >= 11 is 0. The summed E-state index contributed by atoms with van der Waals surface area (Å²) in [5.74, 6) is 0.500. The molecule has 2 aliphatic heterocycles. The predicted molar refractivity (Wildman–Crippen MR) is 88.5 cm³/mol. The van der Waals surface area contributed by atoms with Crippen LogP contribution in [0.5, 0.6) is 0 Å². The molecule has 0 saturated carbocycles. The number of nitrogens with one attached hydrogen (secondary N) is 3. The second kappa shape index (κ2) is 5.53. The van der Waals surface area contributed by atoms with Crippen LogP contribution in [0.25, 0.3) is 11.0 Å². The zero-order valence-electron chi connectivity index (χ0n) is 13.3. The normalized spacial score (nSPS) is 26.6. The fraction of sp³-hybridized carbons (Fsp3) is 0.529. The molecule has 4 rings (SSSR count). The molecule has 2 saturated heterocycles. The van der Waals surface area contributed by atoms with Gasteiger partial charge in [0.05, 0.1) is 11.0 Å². The van der Waals surface area contributed by atoms with Gasteiger partial charge in [-0.05, 0) is 49.8 Å². The summed E-state index contributed by atoms with van der Waals surface area (Å²) in [5, 5.41) is 6.68. The van der Waals surface area contributed by atoms with Crippen molar-refractivity contribution in [2.45, 2.75) is 37.8 Å². The number of aromatic amines is 1. The molecule has 1 amide bonds. The lowest BCUT2D eigenvalue weighted by atomic mass is 9.92. The lowest BCUT2D eigenvalue weighted by molar-refractivity contribution is 0.0941. The van der Waals surface area contributed by atoms with Gasteiger partial charge >= 0.3 is 5.69 Å². The third-order valence-electron chi connectivity index (χ3n) is 5.29. The fourth-order valence-electron chi connectivity index (χ4n) is 4.06. The van der Waals surface area contributed by atoms with Gasteiger partial charge in [0.2, 0.25) is 0 Å². The standard InChI is InChI=1S/C17H22N4O2/c1-21-15-5-2-11(8-14(15)20-17(21)23)16(22)18-9-10-6-12-3-4-13(7-10)19-12/h2,5,8,10,12-13,19H,3-4,6-7,9H2,1H3,(H,18,22)(H,20,23)/t10?,12-,13+. The van der Waals surface area contributed by atoms with Crippen molar-refractivity contribution in [2.24, 2.45) is 13.0 Å². The number of aromatic nitrogens is 2. The Labute approximate surface area is 134 Å². The van der Waals surface area contributed by atoms with Gasteiger partial charge in [0.15, 0.2) is 0 Å². The van der Waals surface area contributed by atoms with Gasteiger partial charge in [0.25, 0.3) is 5.91 Å². The van der Waals surface area contributed by atoms with E-state index in [9.17, 15) is 9.59 Å². The highest BCUT2D eigenvalue weighted by Crippen LogP contribution is 2.30. The maximum Gasteiger partial charge on any atom is 0.326 e. The molecule has 2 fully saturated rings. The SMILES string of the molecule is Cn1c(=O)[nH]c2cc(C(=O)NCC3C[C@H]4CC[C@@H](C3)N4)ccc21. The summed E-state index contributed by atoms with van der Waals surface area (Å²) in [4.78, 5) is 26.8. The van der Waals surface area contributed by atoms with E-state index in [1.807, 2.05) is 6.07 Å². The van der Waals surface area contributed by atoms with Crippen LogP contribution in [0, 0.1) is 5.92 Å². The Kier molecular flexibility index (Phi) is 3.49. The third-order valence-corrected chi connectivity index (χ3v) is 5.29. The van der Waals surface area contributed by atoms with Gasteiger partial charge in [-0.25, -0.2) is 4.79 Å². The quantitative estimate of drug-likeness (QED) is 0.794. The predicted octanol–water partition coefficient (Wildman–Crippen LogP) is 1.13. The van der Waals surface area contributed by atoms with E-state index in [2.05, 4.69) is 15.6 Å². The zero-order chi connectivity index (χ0) is 16.0. The Morgan fingerprint density at radius 1 is 1.30 bits per heavy atom. The Balaban J connectivity index is 1.43. The first-order valence-electron chi connectivity index (χ1n) is 8.33. The van der Waals surface area contributed by atoms with Crippen molar-refractivity contribution in [3.63, 3.8) is 0 Å². The van der Waals surface area contributed by atoms with Crippen molar-refractivity contribution in [1.29, 1.82) is 0 Å². The van der Waals surface area contributed by atoms with Gasteiger partial charge < -0.3 is 15.6 Å². The fourth-order valence-corrected chi connectivity index (χ4v) is 4.06. The highest BCUT2D eigenvalue weighted by molar-refractivity contribution is 5.97. The number of aryl methyl sites for hydroxylation is 1. The number of hydrogen-bond acceptors (Lipinski definition) is 3. The summed E-state index contributed by atoms with van der Waals surface area (Å²) in [6.07, 6.45) is 4.85. The van der Waals surface area contributed by atoms with Crippen LogP contribution in [0.3, 0.4) is 0 Å². The van der Waals surface area contributed by atoms with E-state index < -0.39 is 0 Å². The number of imidazole rings is 1. The minimum atomic E-state index is -0.164. The number of fused-ring (bicyclic) bond motifs is 3. The molecular formula is C17H22N4O2. The number of H-pyrrole nitrogens is 1. The first-order valence-corrected chi connectivity index (χ1v) is 8.33. The maximum absolute atomic E-state index is 12.4. The van der Waals surface area contributed by atoms with E-state index >= 15 is 0 Å². The van der Waals surface area contributed by atoms with Crippen molar-refractivity contribution in [2.75, 3.05) is 6.54 Å². The molecule has 6 heteroatoms. The maximum atomic E-state index is 12.4. The molecule has 3 atom stereocenters. The lowest BCUT2D eigenvalue weighted by Gasteiger charge is -2.29. The number of nitrogens with zero attached hydrogens (tertiary/aromatic N) is 1. The number of rotatable bonds is 3. The molecule has 122 valence electrons. The van der Waals surface area contributed by atoms with Crippen molar-refractivity contribution in [3.8, 4) is 0 Å². The Bertz CT molecular complexity index is 795. The van der Waals surface area contributed by atoms with E-state index in [1.54, 1.807) is 23.7 Å². The summed E-state index contributed by atoms with van der Waals surface area (Å²) in [5.41, 5.74) is 1.94. The molecule has 2 aliphatic rings. The number of amides is 1. The molecule has 2 aromatic rings. The van der Waals surface area contributed by atoms with E-state index in [1.165, 1.54) is 12.8 Å². The molecule has 3 heterocycles. The molecule has 1 unspecified atom stereocenters. The van der Waals surface area contributed by atoms with Gasteiger partial charge in [0, 0.05) is 31.2 Å². The third kappa shape index (κ3) is 2.67. The first-order chi connectivity index (χ1) is 11.1. The lowest BCUT2D eigenvalue weighted by Crippen LogP contribution is -2.42. The molecule has 23 heavy (non-hydrogen) atoms. The van der Waals surface area contributed by atoms with Crippen LogP contribution in [-0.2, 0) is 7.05 Å². The highest BCUT2D eigenvalue weighted by Gasteiger charge is 2.33. The molecule has 1 aromatic heterocycles. The van der Waals surface area contributed by atoms with E-state index in [0.29, 0.717) is 29.1 Å². The Morgan fingerprint density at radius 2 is 2.04 bits per heavy atom. The van der Waals surface area contributed by atoms with Crippen molar-refractivity contribution in [3.05, 3.63) is 34.2 Å². The molecule has 0 spiro atoms. The summed E-state index contributed by atoms with van der Waals surface area (Å²) < 4.78 is 1.54. The van der Waals surface area contributed by atoms with Gasteiger partial charge in [-0.3, -0.25) is 9.36 Å². The number of piperidine rings is 1. The van der Waals surface area contributed by atoms with Crippen LogP contribution in [0.4, 0.5) is 0 Å². The van der Waals surface area contributed by atoms with Gasteiger partial charge in [-0.2, -0.15) is 0 Å². The summed E-state index contributed by atoms with van der Waals surface area (Å²) in [6, 6.07) is 6.62. The number of hydrogen-bond donors (Lipinski definition) is 3.